The summed E-state index contributed by atoms with van der Waals surface area (Å²) in [6.07, 6.45) is 0. The molecule has 0 N–H and O–H groups in total. The van der Waals surface area contributed by atoms with Gasteiger partial charge in [-0.1, -0.05) is 30.3 Å². The van der Waals surface area contributed by atoms with Crippen molar-refractivity contribution in [2.75, 3.05) is 0 Å². The Bertz CT molecular complexity index is 427. The number of para-hydroxylation sites is 1. The van der Waals surface area contributed by atoms with Crippen LogP contribution in [0.4, 0.5) is 5.69 Å². The van der Waals surface area contributed by atoms with E-state index in [1.165, 1.54) is 6.92 Å². The predicted octanol–water partition coefficient (Wildman–Crippen LogP) is 3.57. The van der Waals surface area contributed by atoms with Crippen molar-refractivity contribution in [3.63, 3.8) is 0 Å². The number of carbonyl (C=O) groups excluding carboxylic acids is 1. The van der Waals surface area contributed by atoms with Gasteiger partial charge in [0, 0.05) is 0 Å². The standard InChI is InChI=1S/C8H9NO.C5H5.2CO.Fe/c1-7(10)9-8-5-3-2-4-6-8;1-2-4-5-3-1;2*1-2;/h2-6H,1H3,(H,9,10);1-5H;;;/q;-1;;;+2/p-1. The molecule has 0 radical (unpaired) electrons. The van der Waals surface area contributed by atoms with Crippen LogP contribution in [0, 0.1) is 13.3 Å². The van der Waals surface area contributed by atoms with Crippen LogP contribution in [0.15, 0.2) is 60.7 Å². The van der Waals surface area contributed by atoms with Crippen molar-refractivity contribution in [3.8, 4) is 0 Å². The average molecular weight is 311 g/mol. The zero-order valence-electron chi connectivity index (χ0n) is 10.8. The van der Waals surface area contributed by atoms with Crippen LogP contribution in [-0.4, -0.2) is 5.91 Å². The third-order valence-electron chi connectivity index (χ3n) is 1.60. The van der Waals surface area contributed by atoms with Gasteiger partial charge in [0.05, 0.1) is 5.91 Å². The van der Waals surface area contributed by atoms with E-state index in [4.69, 9.17) is 9.30 Å². The maximum absolute atomic E-state index is 10.4. The minimum atomic E-state index is -0.161. The molecule has 0 aromatic heterocycles. The number of nitrogens with zero attached hydrogens (tertiary/aromatic N) is 1. The van der Waals surface area contributed by atoms with E-state index < -0.39 is 0 Å². The summed E-state index contributed by atoms with van der Waals surface area (Å²) in [5.74, 6) is -0.161. The van der Waals surface area contributed by atoms with Crippen LogP contribution in [0.25, 0.3) is 5.32 Å². The Labute approximate surface area is 129 Å². The number of carbonyl (C=O) groups is 1. The minimum absolute atomic E-state index is 0. The fourth-order valence-corrected chi connectivity index (χ4v) is 1.01. The van der Waals surface area contributed by atoms with Gasteiger partial charge in [0.2, 0.25) is 0 Å². The second-order valence-corrected chi connectivity index (χ2v) is 2.93. The number of rotatable bonds is 1. The van der Waals surface area contributed by atoms with Crippen LogP contribution < -0.4 is 0 Å². The zero-order chi connectivity index (χ0) is 14.9. The normalized spacial score (nSPS) is 6.65. The smallest absolute Gasteiger partial charge is 0.214 e. The summed E-state index contributed by atoms with van der Waals surface area (Å²) in [6, 6.07) is 19.2. The molecule has 2 aromatic carbocycles. The van der Waals surface area contributed by atoms with Gasteiger partial charge in [-0.25, -0.2) is 12.1 Å². The molecule has 0 saturated carbocycles. The largest absolute Gasteiger partial charge is 2.00 e. The van der Waals surface area contributed by atoms with E-state index in [0.29, 0.717) is 0 Å². The fourth-order valence-electron chi connectivity index (χ4n) is 1.01. The summed E-state index contributed by atoms with van der Waals surface area (Å²) in [5.41, 5.74) is 0.718. The molecule has 0 fully saturated rings. The molecule has 0 bridgehead atoms. The molecule has 104 valence electrons. The van der Waals surface area contributed by atoms with Gasteiger partial charge in [-0.2, -0.15) is 18.2 Å². The van der Waals surface area contributed by atoms with Crippen molar-refractivity contribution in [1.82, 2.24) is 0 Å². The van der Waals surface area contributed by atoms with Gasteiger partial charge in [0.15, 0.2) is 0 Å². The molecule has 0 aliphatic rings. The van der Waals surface area contributed by atoms with E-state index in [1.807, 2.05) is 48.5 Å². The molecular formula is C15H13FeNO3. The molecule has 1 amide bonds. The van der Waals surface area contributed by atoms with E-state index in [9.17, 15) is 4.79 Å². The van der Waals surface area contributed by atoms with Crippen LogP contribution in [0.1, 0.15) is 6.92 Å². The van der Waals surface area contributed by atoms with Gasteiger partial charge in [0.25, 0.3) is 0 Å². The van der Waals surface area contributed by atoms with Crippen molar-refractivity contribution in [2.45, 2.75) is 6.92 Å². The maximum atomic E-state index is 10.4. The first-order valence-electron chi connectivity index (χ1n) is 5.14. The molecular weight excluding hydrogens is 298 g/mol. The van der Waals surface area contributed by atoms with E-state index in [2.05, 4.69) is 18.6 Å². The summed E-state index contributed by atoms with van der Waals surface area (Å²) in [6.45, 7) is 10.4. The Morgan fingerprint density at radius 3 is 1.75 bits per heavy atom. The van der Waals surface area contributed by atoms with Crippen LogP contribution >= 0.6 is 0 Å². The first kappa shape index (κ1) is 23.2. The van der Waals surface area contributed by atoms with E-state index in [1.54, 1.807) is 12.1 Å². The molecule has 0 aliphatic heterocycles. The van der Waals surface area contributed by atoms with Gasteiger partial charge < -0.3 is 10.1 Å². The Morgan fingerprint density at radius 1 is 1.00 bits per heavy atom. The SMILES string of the molecule is CC(=O)[N-]c1ccccc1.[C-]#[O+].[C-]#[O+].[Fe+2].c1cc[cH-]c1. The van der Waals surface area contributed by atoms with Crippen molar-refractivity contribution in [2.24, 2.45) is 0 Å². The van der Waals surface area contributed by atoms with Crippen molar-refractivity contribution < 1.29 is 31.2 Å². The average Bonchev–Trinajstić information content (AvgIpc) is 3.03. The number of hydrogen-bond donors (Lipinski definition) is 0. The number of benzene rings is 1. The van der Waals surface area contributed by atoms with Crippen LogP contribution in [0.5, 0.6) is 0 Å². The summed E-state index contributed by atoms with van der Waals surface area (Å²) in [4.78, 5) is 10.4. The van der Waals surface area contributed by atoms with Crippen LogP contribution in [-0.2, 0) is 31.2 Å². The minimum Gasteiger partial charge on any atom is -0.214 e. The third kappa shape index (κ3) is 16.0. The molecule has 0 atom stereocenters. The summed E-state index contributed by atoms with van der Waals surface area (Å²) >= 11 is 0. The van der Waals surface area contributed by atoms with Crippen molar-refractivity contribution in [1.29, 1.82) is 0 Å². The van der Waals surface area contributed by atoms with Gasteiger partial charge in [-0.05, 0) is 6.92 Å². The molecule has 2 rings (SSSR count). The van der Waals surface area contributed by atoms with Crippen LogP contribution in [0.3, 0.4) is 0 Å². The van der Waals surface area contributed by atoms with Gasteiger partial charge in [-0.15, -0.1) is 5.69 Å². The second-order valence-electron chi connectivity index (χ2n) is 2.93. The topological polar surface area (TPSA) is 71.0 Å². The Morgan fingerprint density at radius 2 is 1.45 bits per heavy atom. The molecule has 0 spiro atoms. The second kappa shape index (κ2) is 19.4. The number of hydrogen-bond acceptors (Lipinski definition) is 1. The molecule has 4 nitrogen and oxygen atoms in total. The third-order valence-corrected chi connectivity index (χ3v) is 1.60. The summed E-state index contributed by atoms with van der Waals surface area (Å²) < 4.78 is 15.0. The Hall–Kier alpha value is -1.96. The van der Waals surface area contributed by atoms with E-state index in [0.717, 1.165) is 5.69 Å². The summed E-state index contributed by atoms with van der Waals surface area (Å²) in [5, 5.41) is 3.72. The quantitative estimate of drug-likeness (QED) is 0.451. The number of amides is 1. The van der Waals surface area contributed by atoms with E-state index >= 15 is 0 Å². The molecule has 0 unspecified atom stereocenters. The molecule has 0 saturated heterocycles. The monoisotopic (exact) mass is 311 g/mol. The molecule has 2 aromatic rings. The summed E-state index contributed by atoms with van der Waals surface area (Å²) in [7, 11) is 0. The van der Waals surface area contributed by atoms with Crippen LogP contribution in [0.2, 0.25) is 0 Å². The molecule has 5 heteroatoms. The zero-order valence-corrected chi connectivity index (χ0v) is 11.9. The van der Waals surface area contributed by atoms with Gasteiger partial charge >= 0.3 is 39.7 Å². The predicted molar refractivity (Wildman–Crippen MR) is 70.0 cm³/mol. The van der Waals surface area contributed by atoms with Gasteiger partial charge in [-0.3, -0.25) is 0 Å². The first-order valence-corrected chi connectivity index (χ1v) is 5.14. The molecule has 0 heterocycles. The van der Waals surface area contributed by atoms with Crippen molar-refractivity contribution >= 4 is 11.6 Å². The molecule has 0 aliphatic carbocycles. The van der Waals surface area contributed by atoms with E-state index in [-0.39, 0.29) is 23.0 Å². The first-order chi connectivity index (χ1) is 9.29. The fraction of sp³-hybridized carbons (Fsp3) is 0.0667. The van der Waals surface area contributed by atoms with Crippen molar-refractivity contribution in [3.05, 3.63) is 79.3 Å². The van der Waals surface area contributed by atoms with Gasteiger partial charge in [0.1, 0.15) is 0 Å². The Balaban J connectivity index is -0.000000246. The maximum Gasteiger partial charge on any atom is 2.00 e. The molecule has 20 heavy (non-hydrogen) atoms. The Kier molecular flexibility index (Phi) is 22.4.